The van der Waals surface area contributed by atoms with Crippen LogP contribution in [0.2, 0.25) is 0 Å². The molecule has 1 amide bonds. The van der Waals surface area contributed by atoms with Gasteiger partial charge in [0, 0.05) is 31.7 Å². The third-order valence-electron chi connectivity index (χ3n) is 5.32. The summed E-state index contributed by atoms with van der Waals surface area (Å²) in [6.07, 6.45) is 0.0165. The summed E-state index contributed by atoms with van der Waals surface area (Å²) in [7, 11) is 1.57. The first-order valence-corrected chi connectivity index (χ1v) is 10.6. The molecule has 0 aromatic heterocycles. The number of carbonyl (C=O) groups excluding carboxylic acids is 3. The molecule has 33 heavy (non-hydrogen) atoms. The molecule has 0 saturated carbocycles. The number of ether oxygens (including phenoxy) is 3. The topological polar surface area (TPSA) is 85.4 Å². The van der Waals surface area contributed by atoms with E-state index in [9.17, 15) is 18.8 Å². The van der Waals surface area contributed by atoms with Crippen LogP contribution in [0, 0.1) is 5.82 Å². The van der Waals surface area contributed by atoms with E-state index in [1.807, 2.05) is 4.90 Å². The van der Waals surface area contributed by atoms with Crippen molar-refractivity contribution < 1.29 is 33.0 Å². The molecule has 0 aliphatic carbocycles. The van der Waals surface area contributed by atoms with E-state index in [0.717, 1.165) is 0 Å². The number of hydrogen-bond donors (Lipinski definition) is 0. The summed E-state index contributed by atoms with van der Waals surface area (Å²) in [6, 6.07) is 11.4. The molecular weight excluding hydrogens is 431 g/mol. The Labute approximate surface area is 191 Å². The minimum Gasteiger partial charge on any atom is -0.497 e. The van der Waals surface area contributed by atoms with Gasteiger partial charge in [0.15, 0.2) is 12.4 Å². The van der Waals surface area contributed by atoms with Crippen LogP contribution in [0.1, 0.15) is 23.7 Å². The molecule has 9 heteroatoms. The number of carbonyl (C=O) groups is 3. The average Bonchev–Trinajstić information content (AvgIpc) is 2.83. The van der Waals surface area contributed by atoms with Gasteiger partial charge in [-0.1, -0.05) is 0 Å². The van der Waals surface area contributed by atoms with Crippen LogP contribution in [-0.2, 0) is 14.3 Å². The molecule has 2 aromatic carbocycles. The van der Waals surface area contributed by atoms with E-state index in [2.05, 4.69) is 0 Å². The number of ketones is 1. The highest BCUT2D eigenvalue weighted by molar-refractivity contribution is 5.94. The van der Waals surface area contributed by atoms with Crippen LogP contribution in [0.3, 0.4) is 0 Å². The van der Waals surface area contributed by atoms with E-state index in [-0.39, 0.29) is 31.3 Å². The third kappa shape index (κ3) is 6.68. The molecule has 1 aliphatic rings. The maximum Gasteiger partial charge on any atom is 0.309 e. The maximum absolute atomic E-state index is 14.4. The van der Waals surface area contributed by atoms with Crippen LogP contribution in [0.15, 0.2) is 42.5 Å². The van der Waals surface area contributed by atoms with Crippen molar-refractivity contribution in [1.82, 2.24) is 4.90 Å². The summed E-state index contributed by atoms with van der Waals surface area (Å²) in [4.78, 5) is 39.1. The molecule has 1 aliphatic heterocycles. The molecular formula is C24H27FN2O6. The average molecular weight is 458 g/mol. The lowest BCUT2D eigenvalue weighted by atomic mass is 10.1. The van der Waals surface area contributed by atoms with Crippen molar-refractivity contribution in [2.75, 3.05) is 51.4 Å². The highest BCUT2D eigenvalue weighted by Crippen LogP contribution is 2.22. The van der Waals surface area contributed by atoms with Crippen LogP contribution < -0.4 is 14.4 Å². The Kier molecular flexibility index (Phi) is 8.23. The molecule has 8 nitrogen and oxygen atoms in total. The van der Waals surface area contributed by atoms with Crippen LogP contribution in [0.25, 0.3) is 0 Å². The van der Waals surface area contributed by atoms with Gasteiger partial charge in [-0.3, -0.25) is 14.4 Å². The molecule has 1 heterocycles. The molecule has 0 unspecified atom stereocenters. The number of rotatable bonds is 9. The van der Waals surface area contributed by atoms with E-state index < -0.39 is 11.8 Å². The van der Waals surface area contributed by atoms with Gasteiger partial charge >= 0.3 is 5.97 Å². The SMILES string of the molecule is COc1ccc(OCCC(=O)OCC(=O)N2CCN(c3ccc(C(C)=O)cc3F)CC2)cc1. The monoisotopic (exact) mass is 458 g/mol. The Morgan fingerprint density at radius 2 is 1.64 bits per heavy atom. The van der Waals surface area contributed by atoms with Gasteiger partial charge in [0.25, 0.3) is 5.91 Å². The molecule has 1 fully saturated rings. The second-order valence-corrected chi connectivity index (χ2v) is 7.52. The number of methoxy groups -OCH3 is 1. The number of piperazine rings is 1. The normalized spacial score (nSPS) is 13.4. The Morgan fingerprint density at radius 3 is 2.24 bits per heavy atom. The van der Waals surface area contributed by atoms with Gasteiger partial charge in [0.1, 0.15) is 17.3 Å². The van der Waals surface area contributed by atoms with E-state index in [0.29, 0.717) is 48.9 Å². The Balaban J connectivity index is 1.37. The zero-order valence-electron chi connectivity index (χ0n) is 18.7. The highest BCUT2D eigenvalue weighted by Gasteiger charge is 2.24. The van der Waals surface area contributed by atoms with Gasteiger partial charge in [-0.05, 0) is 49.4 Å². The molecule has 0 bridgehead atoms. The van der Waals surface area contributed by atoms with Gasteiger partial charge in [-0.25, -0.2) is 4.39 Å². The lowest BCUT2D eigenvalue weighted by Crippen LogP contribution is -2.50. The summed E-state index contributed by atoms with van der Waals surface area (Å²) >= 11 is 0. The first-order valence-electron chi connectivity index (χ1n) is 10.6. The van der Waals surface area contributed by atoms with E-state index in [4.69, 9.17) is 14.2 Å². The second-order valence-electron chi connectivity index (χ2n) is 7.52. The fraction of sp³-hybridized carbons (Fsp3) is 0.375. The number of hydrogen-bond acceptors (Lipinski definition) is 7. The number of esters is 1. The molecule has 2 aromatic rings. The quantitative estimate of drug-likeness (QED) is 0.422. The van der Waals surface area contributed by atoms with Crippen LogP contribution in [-0.4, -0.2) is 69.1 Å². The Morgan fingerprint density at radius 1 is 0.970 bits per heavy atom. The number of Topliss-reactive ketones (excluding diaryl/α,β-unsaturated/α-hetero) is 1. The summed E-state index contributed by atoms with van der Waals surface area (Å²) < 4.78 is 30.0. The molecule has 0 radical (unpaired) electrons. The van der Waals surface area contributed by atoms with E-state index in [1.54, 1.807) is 48.4 Å². The molecule has 0 atom stereocenters. The smallest absolute Gasteiger partial charge is 0.309 e. The van der Waals surface area contributed by atoms with Gasteiger partial charge in [-0.15, -0.1) is 0 Å². The second kappa shape index (κ2) is 11.3. The van der Waals surface area contributed by atoms with E-state index >= 15 is 0 Å². The van der Waals surface area contributed by atoms with Gasteiger partial charge in [0.05, 0.1) is 25.8 Å². The van der Waals surface area contributed by atoms with Gasteiger partial charge < -0.3 is 24.0 Å². The fourth-order valence-corrected chi connectivity index (χ4v) is 3.41. The number of halogens is 1. The predicted molar refractivity (Wildman–Crippen MR) is 119 cm³/mol. The first kappa shape index (κ1) is 24.0. The standard InChI is InChI=1S/C24H27FN2O6/c1-17(28)18-3-8-22(21(25)15-18)26-10-12-27(13-11-26)23(29)16-33-24(30)9-14-32-20-6-4-19(31-2)5-7-20/h3-8,15H,9-14,16H2,1-2H3. The Hall–Kier alpha value is -3.62. The summed E-state index contributed by atoms with van der Waals surface area (Å²) in [5.41, 5.74) is 0.719. The van der Waals surface area contributed by atoms with Gasteiger partial charge in [0.2, 0.25) is 0 Å². The van der Waals surface area contributed by atoms with Gasteiger partial charge in [-0.2, -0.15) is 0 Å². The minimum absolute atomic E-state index is 0.0165. The summed E-state index contributed by atoms with van der Waals surface area (Å²) in [5, 5.41) is 0. The molecule has 176 valence electrons. The number of anilines is 1. The van der Waals surface area contributed by atoms with Crippen molar-refractivity contribution in [2.45, 2.75) is 13.3 Å². The summed E-state index contributed by atoms with van der Waals surface area (Å²) in [5.74, 6) is -0.178. The van der Waals surface area contributed by atoms with Crippen molar-refractivity contribution in [3.63, 3.8) is 0 Å². The lowest BCUT2D eigenvalue weighted by Gasteiger charge is -2.36. The zero-order valence-corrected chi connectivity index (χ0v) is 18.7. The number of amides is 1. The maximum atomic E-state index is 14.4. The Bertz CT molecular complexity index is 987. The first-order chi connectivity index (χ1) is 15.9. The van der Waals surface area contributed by atoms with Crippen molar-refractivity contribution in [2.24, 2.45) is 0 Å². The van der Waals surface area contributed by atoms with Crippen molar-refractivity contribution in [1.29, 1.82) is 0 Å². The minimum atomic E-state index is -0.525. The number of benzene rings is 2. The number of nitrogens with zero attached hydrogens (tertiary/aromatic N) is 2. The molecule has 1 saturated heterocycles. The zero-order chi connectivity index (χ0) is 23.8. The van der Waals surface area contributed by atoms with Crippen molar-refractivity contribution in [3.8, 4) is 11.5 Å². The largest absolute Gasteiger partial charge is 0.497 e. The van der Waals surface area contributed by atoms with Crippen molar-refractivity contribution >= 4 is 23.3 Å². The summed E-state index contributed by atoms with van der Waals surface area (Å²) in [6.45, 7) is 2.81. The van der Waals surface area contributed by atoms with E-state index in [1.165, 1.54) is 13.0 Å². The lowest BCUT2D eigenvalue weighted by molar-refractivity contribution is -0.152. The van der Waals surface area contributed by atoms with Crippen molar-refractivity contribution in [3.05, 3.63) is 53.8 Å². The highest BCUT2D eigenvalue weighted by atomic mass is 19.1. The predicted octanol–water partition coefficient (Wildman–Crippen LogP) is 2.70. The third-order valence-corrected chi connectivity index (χ3v) is 5.32. The fourth-order valence-electron chi connectivity index (χ4n) is 3.41. The molecule has 0 spiro atoms. The molecule has 0 N–H and O–H groups in total. The van der Waals surface area contributed by atoms with Crippen LogP contribution >= 0.6 is 0 Å². The van der Waals surface area contributed by atoms with Crippen LogP contribution in [0.4, 0.5) is 10.1 Å². The van der Waals surface area contributed by atoms with Crippen LogP contribution in [0.5, 0.6) is 11.5 Å². The molecule has 3 rings (SSSR count).